The monoisotopic (exact) mass is 562 g/mol. The molecule has 4 saturated carbocycles. The zero-order chi connectivity index (χ0) is 25.6. The first-order chi connectivity index (χ1) is 17.9. The smallest absolute Gasteiger partial charge is 0.329 e. The van der Waals surface area contributed by atoms with E-state index in [-0.39, 0.29) is 23.7 Å². The number of hydrogen-bond acceptors (Lipinski definition) is 4. The normalized spacial score (nSPS) is 26.7. The van der Waals surface area contributed by atoms with Crippen molar-refractivity contribution in [1.82, 2.24) is 10.3 Å². The van der Waals surface area contributed by atoms with Gasteiger partial charge in [-0.15, -0.1) is 0 Å². The summed E-state index contributed by atoms with van der Waals surface area (Å²) < 4.78 is 6.37. The second-order valence-corrected chi connectivity index (χ2v) is 12.2. The van der Waals surface area contributed by atoms with Crippen LogP contribution in [-0.2, 0) is 20.7 Å². The third-order valence-corrected chi connectivity index (χ3v) is 9.25. The molecule has 0 radical (unpaired) electrons. The van der Waals surface area contributed by atoms with Gasteiger partial charge in [0.25, 0.3) is 0 Å². The van der Waals surface area contributed by atoms with E-state index >= 15 is 0 Å². The summed E-state index contributed by atoms with van der Waals surface area (Å²) in [4.78, 5) is 43.0. The van der Waals surface area contributed by atoms with Crippen LogP contribution in [0.15, 0.2) is 59.2 Å². The lowest BCUT2D eigenvalue weighted by Crippen LogP contribution is -2.56. The van der Waals surface area contributed by atoms with Crippen molar-refractivity contribution in [2.45, 2.75) is 51.0 Å². The highest BCUT2D eigenvalue weighted by atomic mass is 79.9. The number of hydrogen-bond donors (Lipinski definition) is 2. The zero-order valence-electron chi connectivity index (χ0n) is 20.7. The van der Waals surface area contributed by atoms with Crippen molar-refractivity contribution in [1.29, 1.82) is 0 Å². The number of benzene rings is 2. The van der Waals surface area contributed by atoms with Crippen LogP contribution < -0.4 is 5.32 Å². The number of para-hydroxylation sites is 1. The van der Waals surface area contributed by atoms with Gasteiger partial charge in [0.2, 0.25) is 5.91 Å². The van der Waals surface area contributed by atoms with Gasteiger partial charge in [0.1, 0.15) is 6.04 Å². The fourth-order valence-corrected chi connectivity index (χ4v) is 7.63. The lowest BCUT2D eigenvalue weighted by molar-refractivity contribution is -0.153. The Kier molecular flexibility index (Phi) is 6.43. The summed E-state index contributed by atoms with van der Waals surface area (Å²) in [6.45, 7) is -0.363. The molecule has 4 fully saturated rings. The molecule has 7 heteroatoms. The quantitative estimate of drug-likeness (QED) is 0.276. The Morgan fingerprint density at radius 3 is 2.30 bits per heavy atom. The van der Waals surface area contributed by atoms with Crippen LogP contribution >= 0.6 is 15.9 Å². The summed E-state index contributed by atoms with van der Waals surface area (Å²) in [5.74, 6) is 0.999. The molecule has 1 amide bonds. The molecule has 1 aromatic heterocycles. The Balaban J connectivity index is 1.20. The number of carbonyl (C=O) groups excluding carboxylic acids is 3. The highest BCUT2D eigenvalue weighted by Crippen LogP contribution is 2.60. The summed E-state index contributed by atoms with van der Waals surface area (Å²) >= 11 is 3.36. The summed E-state index contributed by atoms with van der Waals surface area (Å²) in [7, 11) is 0. The van der Waals surface area contributed by atoms with E-state index in [0.29, 0.717) is 29.7 Å². The van der Waals surface area contributed by atoms with Gasteiger partial charge in [0.15, 0.2) is 12.4 Å². The standard InChI is InChI=1S/C30H31BrN2O4/c31-23-7-5-21(6-8-23)27(34)17-37-28(35)26(12-22-16-32-25-4-2-1-3-24(22)25)33-29(36)30-13-18-9-19(14-30)11-20(10-18)15-30/h1-8,16,18-20,26,32H,9-15,17H2,(H,33,36)/t18?,19?,20?,26-,30?/m0/s1. The van der Waals surface area contributed by atoms with Crippen LogP contribution in [0.4, 0.5) is 0 Å². The highest BCUT2D eigenvalue weighted by molar-refractivity contribution is 9.10. The van der Waals surface area contributed by atoms with Gasteiger partial charge < -0.3 is 15.0 Å². The first kappa shape index (κ1) is 24.4. The van der Waals surface area contributed by atoms with E-state index in [4.69, 9.17) is 4.74 Å². The van der Waals surface area contributed by atoms with Gasteiger partial charge in [-0.2, -0.15) is 0 Å². The number of rotatable bonds is 8. The number of carbonyl (C=O) groups is 3. The van der Waals surface area contributed by atoms with Gasteiger partial charge in [-0.3, -0.25) is 9.59 Å². The molecule has 37 heavy (non-hydrogen) atoms. The lowest BCUT2D eigenvalue weighted by atomic mass is 9.49. The number of amides is 1. The second-order valence-electron chi connectivity index (χ2n) is 11.3. The molecule has 192 valence electrons. The first-order valence-corrected chi connectivity index (χ1v) is 14.0. The molecule has 1 atom stereocenters. The van der Waals surface area contributed by atoms with Crippen molar-refractivity contribution in [3.63, 3.8) is 0 Å². The largest absolute Gasteiger partial charge is 0.456 e. The number of aromatic nitrogens is 1. The van der Waals surface area contributed by atoms with Crippen molar-refractivity contribution < 1.29 is 19.1 Å². The minimum atomic E-state index is -0.863. The summed E-state index contributed by atoms with van der Waals surface area (Å²) in [6, 6.07) is 14.0. The molecule has 7 rings (SSSR count). The molecule has 0 unspecified atom stereocenters. The molecular weight excluding hydrogens is 532 g/mol. The number of halogens is 1. The topological polar surface area (TPSA) is 88.3 Å². The Hall–Kier alpha value is -2.93. The number of fused-ring (bicyclic) bond motifs is 1. The maximum Gasteiger partial charge on any atom is 0.329 e. The second kappa shape index (κ2) is 9.75. The molecule has 6 nitrogen and oxygen atoms in total. The molecule has 0 spiro atoms. The Morgan fingerprint density at radius 2 is 1.62 bits per heavy atom. The number of esters is 1. The summed E-state index contributed by atoms with van der Waals surface area (Å²) in [5, 5.41) is 4.11. The van der Waals surface area contributed by atoms with Gasteiger partial charge >= 0.3 is 5.97 Å². The van der Waals surface area contributed by atoms with Crippen molar-refractivity contribution in [3.05, 3.63) is 70.3 Å². The van der Waals surface area contributed by atoms with E-state index in [9.17, 15) is 14.4 Å². The SMILES string of the molecule is O=C(COC(=O)[C@H](Cc1c[nH]c2ccccc12)NC(=O)C12CC3CC(CC(C3)C1)C2)c1ccc(Br)cc1. The first-order valence-electron chi connectivity index (χ1n) is 13.2. The van der Waals surface area contributed by atoms with Crippen LogP contribution in [0.5, 0.6) is 0 Å². The van der Waals surface area contributed by atoms with Crippen molar-refractivity contribution in [2.24, 2.45) is 23.2 Å². The van der Waals surface area contributed by atoms with Crippen LogP contribution in [0.3, 0.4) is 0 Å². The van der Waals surface area contributed by atoms with Crippen molar-refractivity contribution in [2.75, 3.05) is 6.61 Å². The highest BCUT2D eigenvalue weighted by Gasteiger charge is 2.55. The molecule has 2 N–H and O–H groups in total. The molecule has 1 heterocycles. The van der Waals surface area contributed by atoms with Gasteiger partial charge in [-0.25, -0.2) is 4.79 Å². The van der Waals surface area contributed by atoms with Crippen LogP contribution in [-0.4, -0.2) is 35.3 Å². The minimum Gasteiger partial charge on any atom is -0.456 e. The van der Waals surface area contributed by atoms with Gasteiger partial charge in [-0.05, 0) is 80.0 Å². The minimum absolute atomic E-state index is 0.0207. The molecule has 4 bridgehead atoms. The maximum absolute atomic E-state index is 13.8. The van der Waals surface area contributed by atoms with Crippen LogP contribution in [0.1, 0.15) is 54.4 Å². The number of H-pyrrole nitrogens is 1. The Labute approximate surface area is 224 Å². The number of aromatic amines is 1. The molecule has 2 aromatic carbocycles. The van der Waals surface area contributed by atoms with Gasteiger partial charge in [0, 0.05) is 39.0 Å². The van der Waals surface area contributed by atoms with Crippen molar-refractivity contribution in [3.8, 4) is 0 Å². The van der Waals surface area contributed by atoms with E-state index in [0.717, 1.165) is 40.2 Å². The van der Waals surface area contributed by atoms with E-state index in [1.165, 1.54) is 19.3 Å². The predicted octanol–water partition coefficient (Wildman–Crippen LogP) is 5.60. The number of ketones is 1. The van der Waals surface area contributed by atoms with Crippen LogP contribution in [0, 0.1) is 23.2 Å². The van der Waals surface area contributed by atoms with Gasteiger partial charge in [-0.1, -0.05) is 46.3 Å². The van der Waals surface area contributed by atoms with Crippen LogP contribution in [0.25, 0.3) is 10.9 Å². The number of ether oxygens (including phenoxy) is 1. The molecule has 4 aliphatic rings. The molecule has 0 saturated heterocycles. The maximum atomic E-state index is 13.8. The van der Waals surface area contributed by atoms with Crippen LogP contribution in [0.2, 0.25) is 0 Å². The number of nitrogens with one attached hydrogen (secondary N) is 2. The average Bonchev–Trinajstić information content (AvgIpc) is 3.29. The van der Waals surface area contributed by atoms with E-state index in [2.05, 4.69) is 26.2 Å². The fraction of sp³-hybridized carbons (Fsp3) is 0.433. The zero-order valence-corrected chi connectivity index (χ0v) is 22.3. The van der Waals surface area contributed by atoms with E-state index in [1.54, 1.807) is 24.3 Å². The van der Waals surface area contributed by atoms with Gasteiger partial charge in [0.05, 0.1) is 0 Å². The summed E-state index contributed by atoms with van der Waals surface area (Å²) in [5.41, 5.74) is 2.01. The third-order valence-electron chi connectivity index (χ3n) is 8.72. The van der Waals surface area contributed by atoms with E-state index in [1.807, 2.05) is 30.5 Å². The average molecular weight is 563 g/mol. The van der Waals surface area contributed by atoms with E-state index < -0.39 is 12.0 Å². The fourth-order valence-electron chi connectivity index (χ4n) is 7.37. The Morgan fingerprint density at radius 1 is 0.973 bits per heavy atom. The predicted molar refractivity (Wildman–Crippen MR) is 144 cm³/mol. The van der Waals surface area contributed by atoms with Crippen molar-refractivity contribution >= 4 is 44.5 Å². The lowest BCUT2D eigenvalue weighted by Gasteiger charge is -2.55. The molecule has 0 aliphatic heterocycles. The summed E-state index contributed by atoms with van der Waals surface area (Å²) in [6.07, 6.45) is 8.66. The Bertz CT molecular complexity index is 1310. The molecule has 3 aromatic rings. The number of Topliss-reactive ketones (excluding diaryl/α,β-unsaturated/α-hetero) is 1. The molecule has 4 aliphatic carbocycles. The third kappa shape index (κ3) is 4.86. The molecular formula is C30H31BrN2O4.